The van der Waals surface area contributed by atoms with Gasteiger partial charge in [0.15, 0.2) is 11.4 Å². The molecule has 0 saturated carbocycles. The predicted molar refractivity (Wildman–Crippen MR) is 81.9 cm³/mol. The number of hydrogen-bond donors (Lipinski definition) is 1. The van der Waals surface area contributed by atoms with Crippen LogP contribution >= 0.6 is 15.9 Å². The van der Waals surface area contributed by atoms with Crippen molar-refractivity contribution in [3.05, 3.63) is 28.2 Å². The van der Waals surface area contributed by atoms with Gasteiger partial charge in [0, 0.05) is 10.0 Å². The molecule has 0 radical (unpaired) electrons. The summed E-state index contributed by atoms with van der Waals surface area (Å²) in [6.07, 6.45) is 0.813. The number of nitrogens with zero attached hydrogens (tertiary/aromatic N) is 4. The molecule has 1 N–H and O–H groups in total. The number of benzene rings is 1. The first-order chi connectivity index (χ1) is 9.94. The van der Waals surface area contributed by atoms with E-state index < -0.39 is 11.5 Å². The third kappa shape index (κ3) is 2.70. The van der Waals surface area contributed by atoms with E-state index in [9.17, 15) is 9.90 Å². The van der Waals surface area contributed by atoms with Crippen molar-refractivity contribution in [1.29, 1.82) is 0 Å². The van der Waals surface area contributed by atoms with Gasteiger partial charge >= 0.3 is 5.97 Å². The Labute approximate surface area is 131 Å². The highest BCUT2D eigenvalue weighted by Crippen LogP contribution is 2.31. The Bertz CT molecular complexity index is 644. The fourth-order valence-corrected chi connectivity index (χ4v) is 3.07. The molecule has 2 rings (SSSR count). The van der Waals surface area contributed by atoms with Crippen LogP contribution in [0.1, 0.15) is 32.3 Å². The number of hydrogen-bond acceptors (Lipinski definition) is 4. The van der Waals surface area contributed by atoms with Crippen LogP contribution in [0.2, 0.25) is 0 Å². The average Bonchev–Trinajstić information content (AvgIpc) is 2.89. The minimum absolute atomic E-state index is 0.407. The maximum absolute atomic E-state index is 11.8. The molecular formula is C14H17BrN4O2. The minimum Gasteiger partial charge on any atom is -0.479 e. The van der Waals surface area contributed by atoms with Gasteiger partial charge in [0.25, 0.3) is 0 Å². The van der Waals surface area contributed by atoms with Gasteiger partial charge in [-0.3, -0.25) is 0 Å². The van der Waals surface area contributed by atoms with E-state index in [1.165, 1.54) is 4.68 Å². The van der Waals surface area contributed by atoms with Crippen LogP contribution in [0, 0.1) is 6.92 Å². The van der Waals surface area contributed by atoms with Crippen LogP contribution in [0.5, 0.6) is 0 Å². The first kappa shape index (κ1) is 15.6. The average molecular weight is 353 g/mol. The lowest BCUT2D eigenvalue weighted by Gasteiger charge is -2.27. The Morgan fingerprint density at radius 1 is 1.33 bits per heavy atom. The summed E-state index contributed by atoms with van der Waals surface area (Å²) in [4.78, 5) is 11.8. The van der Waals surface area contributed by atoms with Crippen LogP contribution in [0.25, 0.3) is 11.4 Å². The number of carbonyl (C=O) groups is 1. The molecule has 0 aliphatic heterocycles. The van der Waals surface area contributed by atoms with Crippen molar-refractivity contribution in [3.8, 4) is 11.4 Å². The molecule has 0 saturated heterocycles. The first-order valence-electron chi connectivity index (χ1n) is 6.74. The molecule has 0 atom stereocenters. The smallest absolute Gasteiger partial charge is 0.331 e. The third-order valence-electron chi connectivity index (χ3n) is 3.74. The highest BCUT2D eigenvalue weighted by Gasteiger charge is 2.40. The molecule has 6 nitrogen and oxygen atoms in total. The van der Waals surface area contributed by atoms with Gasteiger partial charge in [-0.1, -0.05) is 29.8 Å². The normalized spacial score (nSPS) is 11.6. The second-order valence-corrected chi connectivity index (χ2v) is 5.89. The summed E-state index contributed by atoms with van der Waals surface area (Å²) in [5, 5.41) is 21.3. The molecule has 1 aromatic carbocycles. The Kier molecular flexibility index (Phi) is 4.41. The van der Waals surface area contributed by atoms with Crippen molar-refractivity contribution >= 4 is 21.9 Å². The number of tetrazole rings is 1. The van der Waals surface area contributed by atoms with Crippen molar-refractivity contribution in [2.75, 3.05) is 0 Å². The summed E-state index contributed by atoms with van der Waals surface area (Å²) in [6, 6.07) is 5.79. The van der Waals surface area contributed by atoms with Gasteiger partial charge in [0.05, 0.1) is 0 Å². The van der Waals surface area contributed by atoms with Crippen molar-refractivity contribution in [3.63, 3.8) is 0 Å². The van der Waals surface area contributed by atoms with Crippen molar-refractivity contribution in [2.45, 2.75) is 39.2 Å². The van der Waals surface area contributed by atoms with Crippen molar-refractivity contribution < 1.29 is 9.90 Å². The van der Waals surface area contributed by atoms with Gasteiger partial charge in [-0.05, 0) is 54.0 Å². The summed E-state index contributed by atoms with van der Waals surface area (Å²) in [5.41, 5.74) is 0.706. The molecule has 21 heavy (non-hydrogen) atoms. The fraction of sp³-hybridized carbons (Fsp3) is 0.429. The van der Waals surface area contributed by atoms with E-state index in [0.717, 1.165) is 15.6 Å². The number of carboxylic acids is 1. The fourth-order valence-electron chi connectivity index (χ4n) is 2.46. The molecule has 0 unspecified atom stereocenters. The molecule has 2 aromatic rings. The van der Waals surface area contributed by atoms with Gasteiger partial charge < -0.3 is 5.11 Å². The third-order valence-corrected chi connectivity index (χ3v) is 4.20. The molecule has 7 heteroatoms. The SMILES string of the molecule is CCC(CC)(C(=O)O)n1nnnc1-c1cc(C)cc(Br)c1. The van der Waals surface area contributed by atoms with Gasteiger partial charge in [-0.25, -0.2) is 9.48 Å². The first-order valence-corrected chi connectivity index (χ1v) is 7.53. The summed E-state index contributed by atoms with van der Waals surface area (Å²) >= 11 is 3.44. The van der Waals surface area contributed by atoms with Crippen LogP contribution < -0.4 is 0 Å². The van der Waals surface area contributed by atoms with E-state index in [2.05, 4.69) is 31.5 Å². The standard InChI is InChI=1S/C14H17BrN4O2/c1-4-14(5-2,13(20)21)19-12(16-17-18-19)10-6-9(3)7-11(15)8-10/h6-8H,4-5H2,1-3H3,(H,20,21). The highest BCUT2D eigenvalue weighted by molar-refractivity contribution is 9.10. The molecule has 112 valence electrons. The molecule has 0 aliphatic rings. The molecule has 0 amide bonds. The van der Waals surface area contributed by atoms with Gasteiger partial charge in [-0.2, -0.15) is 0 Å². The maximum atomic E-state index is 11.8. The Hall–Kier alpha value is -1.76. The second kappa shape index (κ2) is 5.93. The van der Waals surface area contributed by atoms with E-state index >= 15 is 0 Å². The Morgan fingerprint density at radius 3 is 2.52 bits per heavy atom. The largest absolute Gasteiger partial charge is 0.479 e. The number of aromatic nitrogens is 4. The molecule has 1 aromatic heterocycles. The van der Waals surface area contributed by atoms with Crippen LogP contribution in [-0.4, -0.2) is 31.3 Å². The second-order valence-electron chi connectivity index (χ2n) is 4.98. The van der Waals surface area contributed by atoms with E-state index in [1.54, 1.807) is 0 Å². The van der Waals surface area contributed by atoms with Crippen LogP contribution in [0.15, 0.2) is 22.7 Å². The summed E-state index contributed by atoms with van der Waals surface area (Å²) in [7, 11) is 0. The van der Waals surface area contributed by atoms with Gasteiger partial charge in [-0.15, -0.1) is 5.10 Å². The molecule has 0 bridgehead atoms. The predicted octanol–water partition coefficient (Wildman–Crippen LogP) is 3.01. The zero-order valence-electron chi connectivity index (χ0n) is 12.2. The molecule has 1 heterocycles. The van der Waals surface area contributed by atoms with Crippen molar-refractivity contribution in [1.82, 2.24) is 20.2 Å². The highest BCUT2D eigenvalue weighted by atomic mass is 79.9. The quantitative estimate of drug-likeness (QED) is 0.894. The minimum atomic E-state index is -1.13. The zero-order chi connectivity index (χ0) is 15.6. The topological polar surface area (TPSA) is 80.9 Å². The molecular weight excluding hydrogens is 336 g/mol. The van der Waals surface area contributed by atoms with E-state index in [-0.39, 0.29) is 0 Å². The summed E-state index contributed by atoms with van der Waals surface area (Å²) < 4.78 is 2.33. The van der Waals surface area contributed by atoms with Gasteiger partial charge in [0.2, 0.25) is 0 Å². The monoisotopic (exact) mass is 352 g/mol. The van der Waals surface area contributed by atoms with E-state index in [1.807, 2.05) is 39.0 Å². The van der Waals surface area contributed by atoms with Gasteiger partial charge in [0.1, 0.15) is 0 Å². The molecule has 0 fully saturated rings. The lowest BCUT2D eigenvalue weighted by molar-refractivity contribution is -0.148. The number of halogens is 1. The van der Waals surface area contributed by atoms with E-state index in [0.29, 0.717) is 18.7 Å². The Morgan fingerprint density at radius 2 is 2.00 bits per heavy atom. The number of carboxylic acid groups (broad SMARTS) is 1. The Balaban J connectivity index is 2.64. The number of aryl methyl sites for hydroxylation is 1. The van der Waals surface area contributed by atoms with E-state index in [4.69, 9.17) is 0 Å². The van der Waals surface area contributed by atoms with Crippen LogP contribution in [0.3, 0.4) is 0 Å². The number of rotatable bonds is 5. The van der Waals surface area contributed by atoms with Crippen LogP contribution in [0.4, 0.5) is 0 Å². The van der Waals surface area contributed by atoms with Crippen molar-refractivity contribution in [2.24, 2.45) is 0 Å². The molecule has 0 aliphatic carbocycles. The lowest BCUT2D eigenvalue weighted by atomic mass is 9.92. The van der Waals surface area contributed by atoms with Crippen LogP contribution in [-0.2, 0) is 10.3 Å². The number of aliphatic carboxylic acids is 1. The summed E-state index contributed by atoms with van der Waals surface area (Å²) in [5.74, 6) is -0.460. The molecule has 0 spiro atoms. The summed E-state index contributed by atoms with van der Waals surface area (Å²) in [6.45, 7) is 5.62. The lowest BCUT2D eigenvalue weighted by Crippen LogP contribution is -2.42. The maximum Gasteiger partial charge on any atom is 0.331 e. The zero-order valence-corrected chi connectivity index (χ0v) is 13.8.